The molecule has 1 aromatic rings. The molecule has 2 amide bonds. The number of amides is 2. The lowest BCUT2D eigenvalue weighted by atomic mass is 10.1. The highest BCUT2D eigenvalue weighted by Crippen LogP contribution is 2.29. The molecule has 6 heteroatoms. The summed E-state index contributed by atoms with van der Waals surface area (Å²) in [6.45, 7) is 1.53. The van der Waals surface area contributed by atoms with E-state index in [0.717, 1.165) is 12.8 Å². The van der Waals surface area contributed by atoms with Crippen LogP contribution < -0.4 is 5.32 Å². The molecule has 2 atom stereocenters. The predicted molar refractivity (Wildman–Crippen MR) is 79.2 cm³/mol. The standard InChI is InChI=1S/C16H21FN2O3/c1-10(20)14(18-15(21)11-7-8-11)16(22)19(2)9-12-5-3-4-6-13(12)17/h3-6,10-11,14,20H,7-9H2,1-2H3,(H,18,21). The molecule has 1 aliphatic carbocycles. The van der Waals surface area contributed by atoms with Crippen LogP contribution in [0, 0.1) is 11.7 Å². The van der Waals surface area contributed by atoms with Gasteiger partial charge in [-0.1, -0.05) is 18.2 Å². The molecule has 22 heavy (non-hydrogen) atoms. The second-order valence-corrected chi connectivity index (χ2v) is 5.79. The normalized spacial score (nSPS) is 16.7. The molecule has 2 rings (SSSR count). The third kappa shape index (κ3) is 4.04. The summed E-state index contributed by atoms with van der Waals surface area (Å²) >= 11 is 0. The van der Waals surface area contributed by atoms with E-state index < -0.39 is 23.9 Å². The first-order chi connectivity index (χ1) is 10.4. The van der Waals surface area contributed by atoms with Gasteiger partial charge in [-0.25, -0.2) is 4.39 Å². The molecule has 120 valence electrons. The second-order valence-electron chi connectivity index (χ2n) is 5.79. The van der Waals surface area contributed by atoms with Crippen molar-refractivity contribution in [2.45, 2.75) is 38.5 Å². The van der Waals surface area contributed by atoms with Crippen LogP contribution in [0.3, 0.4) is 0 Å². The molecule has 1 saturated carbocycles. The second kappa shape index (κ2) is 6.87. The van der Waals surface area contributed by atoms with Gasteiger partial charge in [-0.05, 0) is 25.8 Å². The number of rotatable bonds is 6. The maximum atomic E-state index is 13.6. The van der Waals surface area contributed by atoms with Crippen LogP contribution in [0.1, 0.15) is 25.3 Å². The van der Waals surface area contributed by atoms with Crippen LogP contribution in [-0.4, -0.2) is 41.0 Å². The first-order valence-electron chi connectivity index (χ1n) is 7.37. The maximum absolute atomic E-state index is 13.6. The van der Waals surface area contributed by atoms with Crippen LogP contribution in [-0.2, 0) is 16.1 Å². The molecule has 1 aromatic carbocycles. The fourth-order valence-electron chi connectivity index (χ4n) is 2.20. The minimum atomic E-state index is -1.02. The lowest BCUT2D eigenvalue weighted by Gasteiger charge is -2.26. The number of nitrogens with one attached hydrogen (secondary N) is 1. The zero-order chi connectivity index (χ0) is 16.3. The fraction of sp³-hybridized carbons (Fsp3) is 0.500. The SMILES string of the molecule is CC(O)C(NC(=O)C1CC1)C(=O)N(C)Cc1ccccc1F. The number of carbonyl (C=O) groups is 2. The van der Waals surface area contributed by atoms with E-state index in [1.165, 1.54) is 24.9 Å². The van der Waals surface area contributed by atoms with Crippen LogP contribution in [0.15, 0.2) is 24.3 Å². The molecule has 0 spiro atoms. The van der Waals surface area contributed by atoms with E-state index in [9.17, 15) is 19.1 Å². The van der Waals surface area contributed by atoms with Gasteiger partial charge in [-0.15, -0.1) is 0 Å². The molecule has 0 aromatic heterocycles. The molecule has 1 fully saturated rings. The number of halogens is 1. The van der Waals surface area contributed by atoms with Gasteiger partial charge >= 0.3 is 0 Å². The van der Waals surface area contributed by atoms with Gasteiger partial charge in [0.05, 0.1) is 6.10 Å². The fourth-order valence-corrected chi connectivity index (χ4v) is 2.20. The average Bonchev–Trinajstić information content (AvgIpc) is 3.30. The Kier molecular flexibility index (Phi) is 5.13. The number of likely N-dealkylation sites (N-methyl/N-ethyl adjacent to an activating group) is 1. The molecule has 0 bridgehead atoms. The van der Waals surface area contributed by atoms with Gasteiger partial charge in [0.25, 0.3) is 0 Å². The van der Waals surface area contributed by atoms with Gasteiger partial charge in [-0.3, -0.25) is 9.59 Å². The van der Waals surface area contributed by atoms with E-state index >= 15 is 0 Å². The Morgan fingerprint density at radius 3 is 2.59 bits per heavy atom. The molecule has 2 N–H and O–H groups in total. The van der Waals surface area contributed by atoms with Crippen molar-refractivity contribution >= 4 is 11.8 Å². The number of carbonyl (C=O) groups excluding carboxylic acids is 2. The summed E-state index contributed by atoms with van der Waals surface area (Å²) in [4.78, 5) is 25.5. The first-order valence-corrected chi connectivity index (χ1v) is 7.37. The van der Waals surface area contributed by atoms with Crippen LogP contribution in [0.4, 0.5) is 4.39 Å². The lowest BCUT2D eigenvalue weighted by molar-refractivity contribution is -0.139. The summed E-state index contributed by atoms with van der Waals surface area (Å²) in [5, 5.41) is 12.4. The Morgan fingerprint density at radius 2 is 2.05 bits per heavy atom. The largest absolute Gasteiger partial charge is 0.391 e. The smallest absolute Gasteiger partial charge is 0.247 e. The number of aliphatic hydroxyl groups is 1. The lowest BCUT2D eigenvalue weighted by Crippen LogP contribution is -2.53. The molecule has 0 heterocycles. The number of aliphatic hydroxyl groups excluding tert-OH is 1. The summed E-state index contributed by atoms with van der Waals surface area (Å²) in [6, 6.07) is 5.19. The highest BCUT2D eigenvalue weighted by Gasteiger charge is 2.35. The maximum Gasteiger partial charge on any atom is 0.247 e. The summed E-state index contributed by atoms with van der Waals surface area (Å²) in [7, 11) is 1.52. The third-order valence-electron chi connectivity index (χ3n) is 3.74. The van der Waals surface area contributed by atoms with Crippen molar-refractivity contribution in [2.24, 2.45) is 5.92 Å². The number of nitrogens with zero attached hydrogens (tertiary/aromatic N) is 1. The van der Waals surface area contributed by atoms with Crippen molar-refractivity contribution < 1.29 is 19.1 Å². The van der Waals surface area contributed by atoms with Crippen molar-refractivity contribution in [3.05, 3.63) is 35.6 Å². The van der Waals surface area contributed by atoms with Crippen molar-refractivity contribution in [2.75, 3.05) is 7.05 Å². The van der Waals surface area contributed by atoms with Gasteiger partial charge in [0.1, 0.15) is 11.9 Å². The monoisotopic (exact) mass is 308 g/mol. The molecule has 5 nitrogen and oxygen atoms in total. The molecule has 0 saturated heterocycles. The minimum absolute atomic E-state index is 0.0501. The predicted octanol–water partition coefficient (Wildman–Crippen LogP) is 1.06. The highest BCUT2D eigenvalue weighted by molar-refractivity contribution is 5.89. The van der Waals surface area contributed by atoms with E-state index in [4.69, 9.17) is 0 Å². The van der Waals surface area contributed by atoms with E-state index in [2.05, 4.69) is 5.32 Å². The van der Waals surface area contributed by atoms with Crippen LogP contribution in [0.5, 0.6) is 0 Å². The Hall–Kier alpha value is -1.95. The first kappa shape index (κ1) is 16.4. The summed E-state index contributed by atoms with van der Waals surface area (Å²) < 4.78 is 13.6. The van der Waals surface area contributed by atoms with Crippen molar-refractivity contribution in [3.8, 4) is 0 Å². The summed E-state index contributed by atoms with van der Waals surface area (Å²) in [5.74, 6) is -1.09. The zero-order valence-electron chi connectivity index (χ0n) is 12.8. The van der Waals surface area contributed by atoms with Gasteiger partial charge in [0.2, 0.25) is 11.8 Å². The molecule has 0 aliphatic heterocycles. The number of benzene rings is 1. The molecular weight excluding hydrogens is 287 g/mol. The van der Waals surface area contributed by atoms with Crippen molar-refractivity contribution in [1.82, 2.24) is 10.2 Å². The molecule has 1 aliphatic rings. The van der Waals surface area contributed by atoms with Crippen LogP contribution in [0.2, 0.25) is 0 Å². The Morgan fingerprint density at radius 1 is 1.41 bits per heavy atom. The van der Waals surface area contributed by atoms with E-state index in [0.29, 0.717) is 5.56 Å². The van der Waals surface area contributed by atoms with E-state index in [1.54, 1.807) is 18.2 Å². The Bertz CT molecular complexity index is 558. The quantitative estimate of drug-likeness (QED) is 0.825. The van der Waals surface area contributed by atoms with Gasteiger partial charge in [-0.2, -0.15) is 0 Å². The van der Waals surface area contributed by atoms with Crippen molar-refractivity contribution in [3.63, 3.8) is 0 Å². The van der Waals surface area contributed by atoms with E-state index in [-0.39, 0.29) is 18.4 Å². The van der Waals surface area contributed by atoms with E-state index in [1.807, 2.05) is 0 Å². The summed E-state index contributed by atoms with van der Waals surface area (Å²) in [6.07, 6.45) is 0.619. The molecule has 0 radical (unpaired) electrons. The average molecular weight is 308 g/mol. The van der Waals surface area contributed by atoms with Crippen LogP contribution in [0.25, 0.3) is 0 Å². The number of hydrogen-bond donors (Lipinski definition) is 2. The highest BCUT2D eigenvalue weighted by atomic mass is 19.1. The van der Waals surface area contributed by atoms with Crippen molar-refractivity contribution in [1.29, 1.82) is 0 Å². The van der Waals surface area contributed by atoms with Gasteiger partial charge < -0.3 is 15.3 Å². The van der Waals surface area contributed by atoms with Crippen LogP contribution >= 0.6 is 0 Å². The third-order valence-corrected chi connectivity index (χ3v) is 3.74. The Labute approximate surface area is 129 Å². The summed E-state index contributed by atoms with van der Waals surface area (Å²) in [5.41, 5.74) is 0.385. The molecular formula is C16H21FN2O3. The van der Waals surface area contributed by atoms with Gasteiger partial charge in [0.15, 0.2) is 0 Å². The van der Waals surface area contributed by atoms with Gasteiger partial charge in [0, 0.05) is 25.1 Å². The molecule has 2 unspecified atom stereocenters. The topological polar surface area (TPSA) is 69.6 Å². The number of hydrogen-bond acceptors (Lipinski definition) is 3. The Balaban J connectivity index is 2.02. The minimum Gasteiger partial charge on any atom is -0.391 e. The zero-order valence-corrected chi connectivity index (χ0v) is 12.8.